The third-order valence-corrected chi connectivity index (χ3v) is 4.77. The first-order valence-electron chi connectivity index (χ1n) is 9.01. The molecule has 0 bridgehead atoms. The van der Waals surface area contributed by atoms with Gasteiger partial charge in [0.25, 0.3) is 0 Å². The zero-order chi connectivity index (χ0) is 19.7. The summed E-state index contributed by atoms with van der Waals surface area (Å²) in [6, 6.07) is 17.5. The van der Waals surface area contributed by atoms with Gasteiger partial charge in [0, 0.05) is 22.3 Å². The van der Waals surface area contributed by atoms with Crippen LogP contribution >= 0.6 is 0 Å². The number of ketones is 1. The molecule has 0 fully saturated rings. The van der Waals surface area contributed by atoms with Crippen molar-refractivity contribution in [2.45, 2.75) is 19.4 Å². The van der Waals surface area contributed by atoms with E-state index < -0.39 is 6.04 Å². The fourth-order valence-corrected chi connectivity index (χ4v) is 3.37. The highest BCUT2D eigenvalue weighted by molar-refractivity contribution is 6.13. The van der Waals surface area contributed by atoms with Crippen molar-refractivity contribution in [3.63, 3.8) is 0 Å². The number of carbonyl (C=O) groups excluding carboxylic acids is 3. The minimum Gasteiger partial charge on any atom is -0.373 e. The number of rotatable bonds is 4. The van der Waals surface area contributed by atoms with Gasteiger partial charge in [-0.25, -0.2) is 0 Å². The molecule has 2 amide bonds. The standard InChI is InChI=1S/C22H19N3O3/c1-13(26)14-8-10-16(11-9-14)23-20(27)12-19-22(28)25-18-7-3-5-15-4-2-6-17(24-19)21(15)18/h2-11,19,24H,12H2,1H3,(H,23,27)(H,25,28)/t19-/m1/s1. The van der Waals surface area contributed by atoms with Crippen LogP contribution in [0.15, 0.2) is 60.7 Å². The second-order valence-electron chi connectivity index (χ2n) is 6.78. The van der Waals surface area contributed by atoms with Crippen LogP contribution in [-0.4, -0.2) is 23.6 Å². The molecule has 0 spiro atoms. The zero-order valence-electron chi connectivity index (χ0n) is 15.3. The van der Waals surface area contributed by atoms with Gasteiger partial charge in [0.05, 0.1) is 12.1 Å². The molecule has 0 aromatic heterocycles. The second-order valence-corrected chi connectivity index (χ2v) is 6.78. The Kier molecular flexibility index (Phi) is 4.53. The van der Waals surface area contributed by atoms with E-state index in [1.807, 2.05) is 36.4 Å². The Morgan fingerprint density at radius 3 is 2.32 bits per heavy atom. The maximum Gasteiger partial charge on any atom is 0.247 e. The van der Waals surface area contributed by atoms with E-state index in [0.29, 0.717) is 11.3 Å². The second kappa shape index (κ2) is 7.15. The van der Waals surface area contributed by atoms with Gasteiger partial charge < -0.3 is 16.0 Å². The molecule has 0 saturated heterocycles. The summed E-state index contributed by atoms with van der Waals surface area (Å²) in [7, 11) is 0. The maximum absolute atomic E-state index is 12.6. The van der Waals surface area contributed by atoms with Gasteiger partial charge in [0.2, 0.25) is 11.8 Å². The molecule has 1 atom stereocenters. The van der Waals surface area contributed by atoms with Crippen LogP contribution in [0.4, 0.5) is 17.1 Å². The van der Waals surface area contributed by atoms with Gasteiger partial charge in [-0.3, -0.25) is 14.4 Å². The number of Topliss-reactive ketones (excluding diaryl/α,β-unsaturated/α-hetero) is 1. The lowest BCUT2D eigenvalue weighted by Gasteiger charge is -2.16. The molecule has 3 aromatic carbocycles. The van der Waals surface area contributed by atoms with E-state index >= 15 is 0 Å². The summed E-state index contributed by atoms with van der Waals surface area (Å²) in [5.74, 6) is -0.585. The molecule has 6 heteroatoms. The van der Waals surface area contributed by atoms with E-state index in [0.717, 1.165) is 22.1 Å². The van der Waals surface area contributed by atoms with Gasteiger partial charge in [-0.2, -0.15) is 0 Å². The highest BCUT2D eigenvalue weighted by atomic mass is 16.2. The first-order chi connectivity index (χ1) is 13.5. The Hall–Kier alpha value is -3.67. The first-order valence-corrected chi connectivity index (χ1v) is 9.01. The van der Waals surface area contributed by atoms with Crippen molar-refractivity contribution in [3.8, 4) is 0 Å². The summed E-state index contributed by atoms with van der Waals surface area (Å²) in [5, 5.41) is 10.8. The van der Waals surface area contributed by atoms with Crippen molar-refractivity contribution in [1.82, 2.24) is 0 Å². The number of hydrogen-bond acceptors (Lipinski definition) is 4. The van der Waals surface area contributed by atoms with Gasteiger partial charge in [-0.1, -0.05) is 24.3 Å². The first kappa shape index (κ1) is 17.7. The summed E-state index contributed by atoms with van der Waals surface area (Å²) in [6.45, 7) is 1.49. The highest BCUT2D eigenvalue weighted by Crippen LogP contribution is 2.33. The van der Waals surface area contributed by atoms with Gasteiger partial charge in [-0.15, -0.1) is 0 Å². The average molecular weight is 373 g/mol. The minimum absolute atomic E-state index is 0.0231. The molecule has 3 aromatic rings. The number of carbonyl (C=O) groups is 3. The normalized spacial score (nSPS) is 15.3. The van der Waals surface area contributed by atoms with Gasteiger partial charge in [0.1, 0.15) is 6.04 Å². The minimum atomic E-state index is -0.700. The molecule has 0 aliphatic carbocycles. The van der Waals surface area contributed by atoms with Crippen LogP contribution in [0.5, 0.6) is 0 Å². The average Bonchev–Trinajstić information content (AvgIpc) is 2.80. The van der Waals surface area contributed by atoms with Gasteiger partial charge in [0.15, 0.2) is 5.78 Å². The van der Waals surface area contributed by atoms with Crippen LogP contribution in [-0.2, 0) is 9.59 Å². The molecule has 0 saturated carbocycles. The van der Waals surface area contributed by atoms with Crippen LogP contribution in [0.25, 0.3) is 10.8 Å². The highest BCUT2D eigenvalue weighted by Gasteiger charge is 2.26. The molecule has 0 radical (unpaired) electrons. The van der Waals surface area contributed by atoms with Crippen LogP contribution in [0, 0.1) is 0 Å². The third-order valence-electron chi connectivity index (χ3n) is 4.77. The van der Waals surface area contributed by atoms with Gasteiger partial charge in [-0.05, 0) is 48.7 Å². The summed E-state index contributed by atoms with van der Waals surface area (Å²) >= 11 is 0. The third kappa shape index (κ3) is 3.44. The van der Waals surface area contributed by atoms with Crippen LogP contribution in [0.2, 0.25) is 0 Å². The molecule has 4 rings (SSSR count). The topological polar surface area (TPSA) is 87.3 Å². The number of anilines is 3. The molecule has 0 unspecified atom stereocenters. The monoisotopic (exact) mass is 373 g/mol. The molecular weight excluding hydrogens is 354 g/mol. The Balaban J connectivity index is 1.51. The molecular formula is C22H19N3O3. The number of hydrogen-bond donors (Lipinski definition) is 3. The molecule has 1 aliphatic heterocycles. The molecule has 140 valence electrons. The predicted molar refractivity (Wildman–Crippen MR) is 110 cm³/mol. The fourth-order valence-electron chi connectivity index (χ4n) is 3.37. The predicted octanol–water partition coefficient (Wildman–Crippen LogP) is 3.80. The summed E-state index contributed by atoms with van der Waals surface area (Å²) in [6.07, 6.45) is -0.0231. The van der Waals surface area contributed by atoms with Gasteiger partial charge >= 0.3 is 0 Å². The number of nitrogens with one attached hydrogen (secondary N) is 3. The van der Waals surface area contributed by atoms with Crippen molar-refractivity contribution in [1.29, 1.82) is 0 Å². The Bertz CT molecular complexity index is 1080. The smallest absolute Gasteiger partial charge is 0.247 e. The molecule has 3 N–H and O–H groups in total. The summed E-state index contributed by atoms with van der Waals surface area (Å²) < 4.78 is 0. The van der Waals surface area contributed by atoms with Crippen LogP contribution in [0.3, 0.4) is 0 Å². The lowest BCUT2D eigenvalue weighted by atomic mass is 10.1. The van der Waals surface area contributed by atoms with E-state index in [4.69, 9.17) is 0 Å². The van der Waals surface area contributed by atoms with Crippen molar-refractivity contribution in [3.05, 3.63) is 66.2 Å². The Morgan fingerprint density at radius 2 is 1.64 bits per heavy atom. The van der Waals surface area contributed by atoms with Crippen molar-refractivity contribution in [2.24, 2.45) is 0 Å². The Labute approximate surface area is 161 Å². The quantitative estimate of drug-likeness (QED) is 0.607. The van der Waals surface area contributed by atoms with E-state index in [1.165, 1.54) is 6.92 Å². The SMILES string of the molecule is CC(=O)c1ccc(NC(=O)C[C@H]2Nc3cccc4cccc(c34)NC2=O)cc1. The van der Waals surface area contributed by atoms with Crippen molar-refractivity contribution >= 4 is 45.4 Å². The lowest BCUT2D eigenvalue weighted by Crippen LogP contribution is -2.36. The molecule has 1 heterocycles. The molecule has 28 heavy (non-hydrogen) atoms. The summed E-state index contributed by atoms with van der Waals surface area (Å²) in [5.41, 5.74) is 2.70. The van der Waals surface area contributed by atoms with Crippen molar-refractivity contribution < 1.29 is 14.4 Å². The zero-order valence-corrected chi connectivity index (χ0v) is 15.3. The van der Waals surface area contributed by atoms with E-state index in [2.05, 4.69) is 16.0 Å². The number of amides is 2. The lowest BCUT2D eigenvalue weighted by molar-refractivity contribution is -0.121. The van der Waals surface area contributed by atoms with E-state index in [9.17, 15) is 14.4 Å². The van der Waals surface area contributed by atoms with E-state index in [-0.39, 0.29) is 24.0 Å². The Morgan fingerprint density at radius 1 is 0.964 bits per heavy atom. The maximum atomic E-state index is 12.6. The van der Waals surface area contributed by atoms with Crippen molar-refractivity contribution in [2.75, 3.05) is 16.0 Å². The van der Waals surface area contributed by atoms with E-state index in [1.54, 1.807) is 24.3 Å². The van der Waals surface area contributed by atoms with Crippen LogP contribution in [0.1, 0.15) is 23.7 Å². The summed E-state index contributed by atoms with van der Waals surface area (Å²) in [4.78, 5) is 36.5. The number of benzene rings is 3. The molecule has 1 aliphatic rings. The molecule has 6 nitrogen and oxygen atoms in total. The van der Waals surface area contributed by atoms with Crippen LogP contribution < -0.4 is 16.0 Å². The largest absolute Gasteiger partial charge is 0.373 e. The fraction of sp³-hybridized carbons (Fsp3) is 0.136.